The first kappa shape index (κ1) is 15.3. The molecule has 2 aliphatic rings. The van der Waals surface area contributed by atoms with Crippen LogP contribution in [0.3, 0.4) is 0 Å². The average Bonchev–Trinajstić information content (AvgIpc) is 3.00. The van der Waals surface area contributed by atoms with E-state index >= 15 is 0 Å². The van der Waals surface area contributed by atoms with Gasteiger partial charge in [-0.25, -0.2) is 0 Å². The van der Waals surface area contributed by atoms with Crippen LogP contribution in [0.5, 0.6) is 5.75 Å². The van der Waals surface area contributed by atoms with Gasteiger partial charge in [0.25, 0.3) is 5.91 Å². The van der Waals surface area contributed by atoms with Crippen LogP contribution in [0.4, 0.5) is 0 Å². The van der Waals surface area contributed by atoms with Crippen LogP contribution < -0.4 is 10.5 Å². The molecule has 0 spiro atoms. The van der Waals surface area contributed by atoms with E-state index in [1.807, 2.05) is 49.9 Å². The zero-order chi connectivity index (χ0) is 15.9. The number of amides is 1. The summed E-state index contributed by atoms with van der Waals surface area (Å²) in [4.78, 5) is 14.6. The third kappa shape index (κ3) is 3.12. The molecule has 2 N–H and O–H groups in total. The van der Waals surface area contributed by atoms with E-state index in [4.69, 9.17) is 10.5 Å². The molecule has 1 aromatic rings. The van der Waals surface area contributed by atoms with Crippen molar-refractivity contribution in [3.05, 3.63) is 29.8 Å². The number of hydrogen-bond acceptors (Lipinski definition) is 3. The first-order valence-electron chi connectivity index (χ1n) is 8.17. The Labute approximate surface area is 132 Å². The molecule has 4 nitrogen and oxygen atoms in total. The summed E-state index contributed by atoms with van der Waals surface area (Å²) in [7, 11) is 0. The second kappa shape index (κ2) is 5.58. The zero-order valence-electron chi connectivity index (χ0n) is 13.7. The van der Waals surface area contributed by atoms with Crippen LogP contribution in [0.2, 0.25) is 0 Å². The lowest BCUT2D eigenvalue weighted by molar-refractivity contribution is 0.0779. The van der Waals surface area contributed by atoms with Crippen LogP contribution >= 0.6 is 0 Å². The number of benzene rings is 1. The van der Waals surface area contributed by atoms with Crippen molar-refractivity contribution < 1.29 is 9.53 Å². The number of ether oxygens (including phenoxy) is 1. The molecule has 3 unspecified atom stereocenters. The van der Waals surface area contributed by atoms with Crippen molar-refractivity contribution in [2.75, 3.05) is 13.1 Å². The normalized spacial score (nSPS) is 27.8. The van der Waals surface area contributed by atoms with Crippen LogP contribution in [0, 0.1) is 11.8 Å². The molecule has 1 aliphatic heterocycles. The van der Waals surface area contributed by atoms with Gasteiger partial charge in [0.05, 0.1) is 0 Å². The average molecular weight is 302 g/mol. The predicted octanol–water partition coefficient (Wildman–Crippen LogP) is 2.67. The Morgan fingerprint density at radius 1 is 1.18 bits per heavy atom. The van der Waals surface area contributed by atoms with Gasteiger partial charge >= 0.3 is 0 Å². The van der Waals surface area contributed by atoms with Crippen molar-refractivity contribution >= 4 is 5.91 Å². The molecule has 1 heterocycles. The topological polar surface area (TPSA) is 55.6 Å². The number of nitrogens with two attached hydrogens (primary N) is 1. The van der Waals surface area contributed by atoms with Crippen LogP contribution in [0.25, 0.3) is 0 Å². The summed E-state index contributed by atoms with van der Waals surface area (Å²) in [5.41, 5.74) is 6.65. The SMILES string of the molecule is CC(C)(C)Oc1ccc(C(=O)N2CC3CCC(N)C3C2)cc1. The molecule has 1 saturated carbocycles. The Bertz CT molecular complexity index is 547. The minimum absolute atomic E-state index is 0.115. The maximum atomic E-state index is 12.6. The highest BCUT2D eigenvalue weighted by Gasteiger charge is 2.42. The maximum absolute atomic E-state index is 12.6. The van der Waals surface area contributed by atoms with Crippen LogP contribution in [-0.2, 0) is 0 Å². The van der Waals surface area contributed by atoms with Gasteiger partial charge in [0.2, 0.25) is 0 Å². The maximum Gasteiger partial charge on any atom is 0.253 e. The monoisotopic (exact) mass is 302 g/mol. The Kier molecular flexibility index (Phi) is 3.89. The summed E-state index contributed by atoms with van der Waals surface area (Å²) >= 11 is 0. The summed E-state index contributed by atoms with van der Waals surface area (Å²) in [5, 5.41) is 0. The summed E-state index contributed by atoms with van der Waals surface area (Å²) in [6, 6.07) is 7.74. The van der Waals surface area contributed by atoms with Gasteiger partial charge in [-0.3, -0.25) is 4.79 Å². The number of carbonyl (C=O) groups excluding carboxylic acids is 1. The van der Waals surface area contributed by atoms with E-state index in [1.54, 1.807) is 0 Å². The van der Waals surface area contributed by atoms with Crippen LogP contribution in [0.15, 0.2) is 24.3 Å². The number of hydrogen-bond donors (Lipinski definition) is 1. The molecule has 1 aliphatic carbocycles. The fourth-order valence-electron chi connectivity index (χ4n) is 3.68. The lowest BCUT2D eigenvalue weighted by Crippen LogP contribution is -2.33. The standard InChI is InChI=1S/C18H26N2O2/c1-18(2,3)22-14-7-4-12(5-8-14)17(21)20-10-13-6-9-16(19)15(13)11-20/h4-5,7-8,13,15-16H,6,9-11,19H2,1-3H3. The predicted molar refractivity (Wildman–Crippen MR) is 86.9 cm³/mol. The largest absolute Gasteiger partial charge is 0.488 e. The van der Waals surface area contributed by atoms with E-state index < -0.39 is 0 Å². The van der Waals surface area contributed by atoms with Gasteiger partial charge < -0.3 is 15.4 Å². The second-order valence-electron chi connectivity index (χ2n) is 7.61. The van der Waals surface area contributed by atoms with Gasteiger partial charge in [-0.1, -0.05) is 0 Å². The third-order valence-corrected chi connectivity index (χ3v) is 4.72. The molecule has 120 valence electrons. The number of rotatable bonds is 2. The van der Waals surface area contributed by atoms with Crippen LogP contribution in [-0.4, -0.2) is 35.5 Å². The highest BCUT2D eigenvalue weighted by atomic mass is 16.5. The molecule has 3 rings (SSSR count). The molecule has 0 aromatic heterocycles. The summed E-state index contributed by atoms with van der Waals surface area (Å²) in [5.74, 6) is 2.00. The third-order valence-electron chi connectivity index (χ3n) is 4.72. The van der Waals surface area contributed by atoms with E-state index in [0.717, 1.165) is 37.2 Å². The quantitative estimate of drug-likeness (QED) is 0.914. The number of likely N-dealkylation sites (tertiary alicyclic amines) is 1. The van der Waals surface area contributed by atoms with E-state index in [1.165, 1.54) is 0 Å². The Balaban J connectivity index is 1.66. The minimum atomic E-state index is -0.228. The minimum Gasteiger partial charge on any atom is -0.488 e. The molecule has 3 atom stereocenters. The molecular weight excluding hydrogens is 276 g/mol. The van der Waals surface area contributed by atoms with Gasteiger partial charge in [-0.15, -0.1) is 0 Å². The lowest BCUT2D eigenvalue weighted by Gasteiger charge is -2.22. The number of carbonyl (C=O) groups is 1. The Morgan fingerprint density at radius 2 is 1.86 bits per heavy atom. The van der Waals surface area contributed by atoms with Gasteiger partial charge in [-0.2, -0.15) is 0 Å². The van der Waals surface area contributed by atoms with Crippen molar-refractivity contribution in [3.63, 3.8) is 0 Å². The molecule has 4 heteroatoms. The van der Waals surface area contributed by atoms with E-state index in [-0.39, 0.29) is 17.6 Å². The van der Waals surface area contributed by atoms with Crippen LogP contribution in [0.1, 0.15) is 44.0 Å². The van der Waals surface area contributed by atoms with Crippen molar-refractivity contribution in [1.29, 1.82) is 0 Å². The van der Waals surface area contributed by atoms with Crippen molar-refractivity contribution in [2.24, 2.45) is 17.6 Å². The van der Waals surface area contributed by atoms with Gasteiger partial charge in [0.1, 0.15) is 11.4 Å². The molecule has 22 heavy (non-hydrogen) atoms. The Hall–Kier alpha value is -1.55. The molecule has 0 radical (unpaired) electrons. The number of fused-ring (bicyclic) bond motifs is 1. The molecule has 1 saturated heterocycles. The van der Waals surface area contributed by atoms with E-state index in [0.29, 0.717) is 11.8 Å². The highest BCUT2D eigenvalue weighted by Crippen LogP contribution is 2.37. The van der Waals surface area contributed by atoms with Gasteiger partial charge in [0.15, 0.2) is 0 Å². The first-order chi connectivity index (χ1) is 10.3. The molecule has 1 aromatic carbocycles. The first-order valence-corrected chi connectivity index (χ1v) is 8.17. The van der Waals surface area contributed by atoms with Gasteiger partial charge in [0, 0.05) is 24.7 Å². The van der Waals surface area contributed by atoms with E-state index in [2.05, 4.69) is 0 Å². The van der Waals surface area contributed by atoms with Crippen molar-refractivity contribution in [2.45, 2.75) is 45.3 Å². The fraction of sp³-hybridized carbons (Fsp3) is 0.611. The number of nitrogens with zero attached hydrogens (tertiary/aromatic N) is 1. The molecule has 1 amide bonds. The van der Waals surface area contributed by atoms with Crippen molar-refractivity contribution in [3.8, 4) is 5.75 Å². The second-order valence-corrected chi connectivity index (χ2v) is 7.61. The smallest absolute Gasteiger partial charge is 0.253 e. The van der Waals surface area contributed by atoms with Crippen molar-refractivity contribution in [1.82, 2.24) is 4.90 Å². The zero-order valence-corrected chi connectivity index (χ0v) is 13.7. The van der Waals surface area contributed by atoms with Gasteiger partial charge in [-0.05, 0) is 69.7 Å². The van der Waals surface area contributed by atoms with E-state index in [9.17, 15) is 4.79 Å². The highest BCUT2D eigenvalue weighted by molar-refractivity contribution is 5.94. The molecule has 0 bridgehead atoms. The lowest BCUT2D eigenvalue weighted by atomic mass is 9.98. The Morgan fingerprint density at radius 3 is 2.45 bits per heavy atom. The summed E-state index contributed by atoms with van der Waals surface area (Å²) in [6.45, 7) is 7.71. The molecular formula is C18H26N2O2. The molecule has 2 fully saturated rings. The summed E-state index contributed by atoms with van der Waals surface area (Å²) in [6.07, 6.45) is 2.27. The fourth-order valence-corrected chi connectivity index (χ4v) is 3.68. The summed E-state index contributed by atoms with van der Waals surface area (Å²) < 4.78 is 5.80.